The number of anilines is 6. The van der Waals surface area contributed by atoms with Crippen molar-refractivity contribution < 1.29 is 4.74 Å². The van der Waals surface area contributed by atoms with E-state index in [1.165, 1.54) is 11.1 Å². The standard InChI is InChI=1S/C49H36N4O/c1-49(2)38-21-9-11-23-42(38)52(43-24-12-10-22-39(43)49)36-29-35(30-37(31-36)53-44-25-13-15-27-46(44)54-47-28-16-14-26-45(47)53)41-32-40(33-17-5-3-6-18-33)50-48(51-41)34-19-7-4-8-20-34/h3-32H,1-2H3. The van der Waals surface area contributed by atoms with Gasteiger partial charge >= 0.3 is 0 Å². The number of rotatable bonds is 5. The molecule has 54 heavy (non-hydrogen) atoms. The summed E-state index contributed by atoms with van der Waals surface area (Å²) in [6.07, 6.45) is 0. The van der Waals surface area contributed by atoms with Crippen molar-refractivity contribution in [2.24, 2.45) is 0 Å². The SMILES string of the molecule is CC1(C)c2ccccc2N(c2cc(-c3cc(-c4ccccc4)nc(-c4ccccc4)n3)cc(N3c4ccccc4Oc4ccccc43)c2)c2ccccc21. The van der Waals surface area contributed by atoms with Gasteiger partial charge < -0.3 is 14.5 Å². The second-order valence-electron chi connectivity index (χ2n) is 14.3. The van der Waals surface area contributed by atoms with Gasteiger partial charge in [-0.1, -0.05) is 135 Å². The van der Waals surface area contributed by atoms with E-state index in [0.29, 0.717) is 5.82 Å². The zero-order chi connectivity index (χ0) is 36.2. The smallest absolute Gasteiger partial charge is 0.160 e. The van der Waals surface area contributed by atoms with E-state index < -0.39 is 0 Å². The van der Waals surface area contributed by atoms with Gasteiger partial charge in [-0.2, -0.15) is 0 Å². The first kappa shape index (κ1) is 31.7. The van der Waals surface area contributed by atoms with Crippen molar-refractivity contribution in [3.63, 3.8) is 0 Å². The number of hydrogen-bond acceptors (Lipinski definition) is 5. The number of aromatic nitrogens is 2. The molecule has 0 saturated heterocycles. The molecule has 5 nitrogen and oxygen atoms in total. The van der Waals surface area contributed by atoms with E-state index in [1.807, 2.05) is 48.5 Å². The van der Waals surface area contributed by atoms with Crippen LogP contribution in [0.4, 0.5) is 34.1 Å². The predicted octanol–water partition coefficient (Wildman–Crippen LogP) is 13.2. The van der Waals surface area contributed by atoms with Crippen LogP contribution >= 0.6 is 0 Å². The van der Waals surface area contributed by atoms with Crippen molar-refractivity contribution in [1.82, 2.24) is 9.97 Å². The molecule has 0 atom stereocenters. The molecule has 0 bridgehead atoms. The van der Waals surface area contributed by atoms with E-state index in [-0.39, 0.29) is 5.41 Å². The van der Waals surface area contributed by atoms with Crippen LogP contribution in [0.15, 0.2) is 182 Å². The summed E-state index contributed by atoms with van der Waals surface area (Å²) in [4.78, 5) is 15.1. The quantitative estimate of drug-likeness (QED) is 0.179. The van der Waals surface area contributed by atoms with Crippen LogP contribution in [0.5, 0.6) is 11.5 Å². The Labute approximate surface area is 315 Å². The Morgan fingerprint density at radius 1 is 0.407 bits per heavy atom. The fourth-order valence-corrected chi connectivity index (χ4v) is 8.00. The van der Waals surface area contributed by atoms with E-state index in [0.717, 1.165) is 73.7 Å². The van der Waals surface area contributed by atoms with Crippen LogP contribution in [0.1, 0.15) is 25.0 Å². The van der Waals surface area contributed by atoms with E-state index in [1.54, 1.807) is 0 Å². The van der Waals surface area contributed by atoms with E-state index in [4.69, 9.17) is 14.7 Å². The van der Waals surface area contributed by atoms with Gasteiger partial charge in [-0.15, -0.1) is 0 Å². The molecule has 0 aliphatic carbocycles. The lowest BCUT2D eigenvalue weighted by Gasteiger charge is -2.42. The molecule has 0 unspecified atom stereocenters. The summed E-state index contributed by atoms with van der Waals surface area (Å²) in [5.41, 5.74) is 13.3. The van der Waals surface area contributed by atoms with Crippen molar-refractivity contribution in [1.29, 1.82) is 0 Å². The molecule has 0 N–H and O–H groups in total. The summed E-state index contributed by atoms with van der Waals surface area (Å²) < 4.78 is 6.46. The molecule has 0 saturated carbocycles. The number of ether oxygens (including phenoxy) is 1. The summed E-state index contributed by atoms with van der Waals surface area (Å²) in [7, 11) is 0. The maximum atomic E-state index is 6.46. The first-order chi connectivity index (χ1) is 26.5. The van der Waals surface area contributed by atoms with Gasteiger partial charge in [-0.05, 0) is 71.8 Å². The highest BCUT2D eigenvalue weighted by Crippen LogP contribution is 2.55. The largest absolute Gasteiger partial charge is 0.453 e. The van der Waals surface area contributed by atoms with E-state index in [9.17, 15) is 0 Å². The van der Waals surface area contributed by atoms with Crippen molar-refractivity contribution >= 4 is 34.1 Å². The topological polar surface area (TPSA) is 41.5 Å². The van der Waals surface area contributed by atoms with Crippen LogP contribution in [-0.4, -0.2) is 9.97 Å². The number of hydrogen-bond donors (Lipinski definition) is 0. The number of nitrogens with zero attached hydrogens (tertiary/aromatic N) is 4. The molecular weight excluding hydrogens is 661 g/mol. The maximum Gasteiger partial charge on any atom is 0.160 e. The molecule has 10 rings (SSSR count). The Morgan fingerprint density at radius 3 is 1.39 bits per heavy atom. The molecule has 2 aliphatic heterocycles. The molecule has 7 aromatic carbocycles. The molecule has 1 aromatic heterocycles. The van der Waals surface area contributed by atoms with Crippen molar-refractivity contribution in [3.05, 3.63) is 193 Å². The van der Waals surface area contributed by atoms with Crippen molar-refractivity contribution in [2.75, 3.05) is 9.80 Å². The van der Waals surface area contributed by atoms with Crippen molar-refractivity contribution in [3.8, 4) is 45.4 Å². The second-order valence-corrected chi connectivity index (χ2v) is 14.3. The van der Waals surface area contributed by atoms with Gasteiger partial charge in [-0.25, -0.2) is 9.97 Å². The lowest BCUT2D eigenvalue weighted by Crippen LogP contribution is -2.30. The summed E-state index contributed by atoms with van der Waals surface area (Å²) in [5.74, 6) is 2.29. The number of para-hydroxylation sites is 6. The molecule has 0 spiro atoms. The van der Waals surface area contributed by atoms with Crippen LogP contribution in [0.3, 0.4) is 0 Å². The molecule has 258 valence electrons. The monoisotopic (exact) mass is 696 g/mol. The maximum absolute atomic E-state index is 6.46. The normalized spacial score (nSPS) is 13.6. The molecule has 5 heteroatoms. The van der Waals surface area contributed by atoms with Gasteiger partial charge in [0, 0.05) is 33.5 Å². The van der Waals surface area contributed by atoms with Crippen LogP contribution < -0.4 is 14.5 Å². The Kier molecular flexibility index (Phi) is 7.41. The van der Waals surface area contributed by atoms with Crippen LogP contribution in [0.2, 0.25) is 0 Å². The summed E-state index contributed by atoms with van der Waals surface area (Å²) in [5, 5.41) is 0. The number of benzene rings is 7. The fourth-order valence-electron chi connectivity index (χ4n) is 8.00. The van der Waals surface area contributed by atoms with Gasteiger partial charge in [0.05, 0.1) is 34.1 Å². The van der Waals surface area contributed by atoms with Crippen LogP contribution in [0.25, 0.3) is 33.9 Å². The fraction of sp³-hybridized carbons (Fsp3) is 0.0612. The molecule has 0 radical (unpaired) electrons. The molecule has 8 aromatic rings. The highest BCUT2D eigenvalue weighted by molar-refractivity contribution is 5.93. The lowest BCUT2D eigenvalue weighted by molar-refractivity contribution is 0.477. The average molecular weight is 697 g/mol. The zero-order valence-corrected chi connectivity index (χ0v) is 30.0. The number of fused-ring (bicyclic) bond motifs is 4. The minimum Gasteiger partial charge on any atom is -0.453 e. The van der Waals surface area contributed by atoms with E-state index in [2.05, 4.69) is 157 Å². The molecule has 2 aliphatic rings. The lowest BCUT2D eigenvalue weighted by atomic mass is 9.73. The van der Waals surface area contributed by atoms with Crippen LogP contribution in [0, 0.1) is 0 Å². The van der Waals surface area contributed by atoms with Gasteiger partial charge in [0.1, 0.15) is 0 Å². The summed E-state index contributed by atoms with van der Waals surface area (Å²) in [6.45, 7) is 4.64. The average Bonchev–Trinajstić information content (AvgIpc) is 3.23. The minimum absolute atomic E-state index is 0.186. The Balaban J connectivity index is 1.27. The first-order valence-corrected chi connectivity index (χ1v) is 18.3. The highest BCUT2D eigenvalue weighted by atomic mass is 16.5. The van der Waals surface area contributed by atoms with Crippen molar-refractivity contribution in [2.45, 2.75) is 19.3 Å². The highest BCUT2D eigenvalue weighted by Gasteiger charge is 2.37. The molecule has 0 fully saturated rings. The Hall–Kier alpha value is -6.98. The molecular formula is C49H36N4O. The molecule has 3 heterocycles. The third-order valence-corrected chi connectivity index (χ3v) is 10.6. The Bertz CT molecular complexity index is 2540. The predicted molar refractivity (Wildman–Crippen MR) is 220 cm³/mol. The van der Waals surface area contributed by atoms with Gasteiger partial charge in [0.25, 0.3) is 0 Å². The first-order valence-electron chi connectivity index (χ1n) is 18.3. The Morgan fingerprint density at radius 2 is 0.833 bits per heavy atom. The summed E-state index contributed by atoms with van der Waals surface area (Å²) in [6, 6.07) is 63.6. The van der Waals surface area contributed by atoms with Crippen LogP contribution in [-0.2, 0) is 5.41 Å². The minimum atomic E-state index is -0.186. The zero-order valence-electron chi connectivity index (χ0n) is 30.0. The third kappa shape index (κ3) is 5.24. The van der Waals surface area contributed by atoms with Gasteiger partial charge in [0.2, 0.25) is 0 Å². The van der Waals surface area contributed by atoms with E-state index >= 15 is 0 Å². The van der Waals surface area contributed by atoms with Gasteiger partial charge in [0.15, 0.2) is 17.3 Å². The summed E-state index contributed by atoms with van der Waals surface area (Å²) >= 11 is 0. The third-order valence-electron chi connectivity index (χ3n) is 10.6. The van der Waals surface area contributed by atoms with Gasteiger partial charge in [-0.3, -0.25) is 0 Å². The molecule has 0 amide bonds. The second kappa shape index (κ2) is 12.6.